The maximum absolute atomic E-state index is 12.7. The molecule has 0 unspecified atom stereocenters. The molecule has 132 valence electrons. The smallest absolute Gasteiger partial charge is 0.279 e. The molecular weight excluding hydrogens is 316 g/mol. The first-order valence-electron chi connectivity index (χ1n) is 8.62. The Morgan fingerprint density at radius 3 is 2.68 bits per heavy atom. The Hall–Kier alpha value is -2.63. The molecule has 0 saturated carbocycles. The molecule has 1 aromatic carbocycles. The lowest BCUT2D eigenvalue weighted by Crippen LogP contribution is -2.49. The summed E-state index contributed by atoms with van der Waals surface area (Å²) in [4.78, 5) is 27.3. The largest absolute Gasteiger partial charge is 0.369 e. The fourth-order valence-electron chi connectivity index (χ4n) is 3.34. The van der Waals surface area contributed by atoms with Crippen LogP contribution in [0.1, 0.15) is 34.5 Å². The molecule has 6 nitrogen and oxygen atoms in total. The van der Waals surface area contributed by atoms with Crippen molar-refractivity contribution in [1.82, 2.24) is 15.1 Å². The number of rotatable bonds is 3. The van der Waals surface area contributed by atoms with E-state index >= 15 is 0 Å². The molecule has 1 N–H and O–H groups in total. The highest BCUT2D eigenvalue weighted by atomic mass is 16.2. The molecule has 2 heterocycles. The second-order valence-electron chi connectivity index (χ2n) is 6.61. The second kappa shape index (κ2) is 7.09. The molecule has 1 aliphatic heterocycles. The number of para-hydroxylation sites is 1. The van der Waals surface area contributed by atoms with Gasteiger partial charge in [-0.05, 0) is 44.4 Å². The zero-order valence-corrected chi connectivity index (χ0v) is 15.0. The summed E-state index contributed by atoms with van der Waals surface area (Å²) in [6.45, 7) is 5.31. The van der Waals surface area contributed by atoms with E-state index in [1.807, 2.05) is 25.1 Å². The van der Waals surface area contributed by atoms with Crippen molar-refractivity contribution in [3.8, 4) is 0 Å². The van der Waals surface area contributed by atoms with Gasteiger partial charge in [-0.2, -0.15) is 5.10 Å². The minimum Gasteiger partial charge on any atom is -0.369 e. The van der Waals surface area contributed by atoms with Crippen LogP contribution in [0.25, 0.3) is 0 Å². The first-order chi connectivity index (χ1) is 12.0. The molecule has 25 heavy (non-hydrogen) atoms. The van der Waals surface area contributed by atoms with Crippen LogP contribution in [0.15, 0.2) is 35.1 Å². The number of carbonyl (C=O) groups excluding carboxylic acids is 1. The second-order valence-corrected chi connectivity index (χ2v) is 6.61. The molecule has 1 fully saturated rings. The summed E-state index contributed by atoms with van der Waals surface area (Å²) in [7, 11) is 1.57. The highest BCUT2D eigenvalue weighted by Crippen LogP contribution is 2.19. The van der Waals surface area contributed by atoms with Crippen molar-refractivity contribution in [1.29, 1.82) is 0 Å². The molecule has 0 bridgehead atoms. The van der Waals surface area contributed by atoms with Crippen LogP contribution in [0.2, 0.25) is 0 Å². The predicted molar refractivity (Wildman–Crippen MR) is 98.1 cm³/mol. The van der Waals surface area contributed by atoms with E-state index in [2.05, 4.69) is 27.4 Å². The SMILES string of the molecule is Cc1nn(C)c(=O)c(C(=O)N[C@H]2CCCN(c3ccccc3)C2)c1C. The summed E-state index contributed by atoms with van der Waals surface area (Å²) in [5, 5.41) is 7.18. The number of hydrogen-bond acceptors (Lipinski definition) is 4. The Kier molecular flexibility index (Phi) is 4.88. The highest BCUT2D eigenvalue weighted by molar-refractivity contribution is 5.95. The molecule has 0 spiro atoms. The number of anilines is 1. The van der Waals surface area contributed by atoms with E-state index < -0.39 is 0 Å². The molecule has 2 aromatic rings. The lowest BCUT2D eigenvalue weighted by atomic mass is 10.0. The van der Waals surface area contributed by atoms with Crippen LogP contribution < -0.4 is 15.8 Å². The number of aryl methyl sites for hydroxylation is 2. The lowest BCUT2D eigenvalue weighted by Gasteiger charge is -2.34. The van der Waals surface area contributed by atoms with Crippen molar-refractivity contribution < 1.29 is 4.79 Å². The molecule has 1 aromatic heterocycles. The van der Waals surface area contributed by atoms with Gasteiger partial charge in [0.05, 0.1) is 5.69 Å². The third kappa shape index (κ3) is 3.57. The van der Waals surface area contributed by atoms with Gasteiger partial charge < -0.3 is 10.2 Å². The quantitative estimate of drug-likeness (QED) is 0.925. The number of carbonyl (C=O) groups is 1. The van der Waals surface area contributed by atoms with Crippen LogP contribution in [0.5, 0.6) is 0 Å². The van der Waals surface area contributed by atoms with Crippen molar-refractivity contribution in [2.45, 2.75) is 32.7 Å². The van der Waals surface area contributed by atoms with Crippen LogP contribution in [0, 0.1) is 13.8 Å². The Morgan fingerprint density at radius 1 is 1.24 bits per heavy atom. The number of piperidine rings is 1. The number of nitrogens with one attached hydrogen (secondary N) is 1. The molecule has 6 heteroatoms. The van der Waals surface area contributed by atoms with Crippen LogP contribution in [-0.2, 0) is 7.05 Å². The molecule has 3 rings (SSSR count). The first kappa shape index (κ1) is 17.2. The van der Waals surface area contributed by atoms with Crippen LogP contribution in [0.3, 0.4) is 0 Å². The summed E-state index contributed by atoms with van der Waals surface area (Å²) < 4.78 is 1.23. The monoisotopic (exact) mass is 340 g/mol. The zero-order chi connectivity index (χ0) is 18.0. The van der Waals surface area contributed by atoms with Crippen molar-refractivity contribution in [3.63, 3.8) is 0 Å². The Bertz CT molecular complexity index is 829. The van der Waals surface area contributed by atoms with Gasteiger partial charge in [0, 0.05) is 31.9 Å². The Balaban J connectivity index is 1.77. The molecular formula is C19H24N4O2. The number of hydrogen-bond donors (Lipinski definition) is 1. The van der Waals surface area contributed by atoms with E-state index in [1.165, 1.54) is 4.68 Å². The van der Waals surface area contributed by atoms with Crippen molar-refractivity contribution in [2.75, 3.05) is 18.0 Å². The van der Waals surface area contributed by atoms with Crippen LogP contribution >= 0.6 is 0 Å². The van der Waals surface area contributed by atoms with Gasteiger partial charge >= 0.3 is 0 Å². The summed E-state index contributed by atoms with van der Waals surface area (Å²) in [5.74, 6) is -0.302. The summed E-state index contributed by atoms with van der Waals surface area (Å²) >= 11 is 0. The first-order valence-corrected chi connectivity index (χ1v) is 8.62. The van der Waals surface area contributed by atoms with Gasteiger partial charge in [-0.15, -0.1) is 0 Å². The van der Waals surface area contributed by atoms with Gasteiger partial charge in [0.25, 0.3) is 11.5 Å². The topological polar surface area (TPSA) is 67.2 Å². The van der Waals surface area contributed by atoms with Gasteiger partial charge in [0.1, 0.15) is 5.56 Å². The maximum atomic E-state index is 12.7. The van der Waals surface area contributed by atoms with Gasteiger partial charge in [-0.1, -0.05) is 18.2 Å². The van der Waals surface area contributed by atoms with E-state index in [1.54, 1.807) is 14.0 Å². The number of benzene rings is 1. The average Bonchev–Trinajstić information content (AvgIpc) is 2.61. The predicted octanol–water partition coefficient (Wildman–Crippen LogP) is 1.80. The van der Waals surface area contributed by atoms with Crippen molar-refractivity contribution in [3.05, 3.63) is 57.5 Å². The summed E-state index contributed by atoms with van der Waals surface area (Å²) in [6, 6.07) is 10.2. The zero-order valence-electron chi connectivity index (χ0n) is 15.0. The van der Waals surface area contributed by atoms with Gasteiger partial charge in [0.2, 0.25) is 0 Å². The van der Waals surface area contributed by atoms with E-state index in [9.17, 15) is 9.59 Å². The van der Waals surface area contributed by atoms with Crippen LogP contribution in [-0.4, -0.2) is 34.8 Å². The third-order valence-electron chi connectivity index (χ3n) is 4.83. The average molecular weight is 340 g/mol. The third-order valence-corrected chi connectivity index (χ3v) is 4.83. The Morgan fingerprint density at radius 2 is 1.96 bits per heavy atom. The summed E-state index contributed by atoms with van der Waals surface area (Å²) in [5.41, 5.74) is 2.36. The Labute approximate surface area is 147 Å². The van der Waals surface area contributed by atoms with E-state index in [4.69, 9.17) is 0 Å². The minimum absolute atomic E-state index is 0.0269. The fraction of sp³-hybridized carbons (Fsp3) is 0.421. The molecule has 1 aliphatic rings. The number of aromatic nitrogens is 2. The van der Waals surface area contributed by atoms with Crippen molar-refractivity contribution >= 4 is 11.6 Å². The molecule has 1 atom stereocenters. The molecule has 1 amide bonds. The van der Waals surface area contributed by atoms with E-state index in [0.717, 1.165) is 31.6 Å². The van der Waals surface area contributed by atoms with E-state index in [-0.39, 0.29) is 23.1 Å². The summed E-state index contributed by atoms with van der Waals surface area (Å²) in [6.07, 6.45) is 1.92. The molecule has 1 saturated heterocycles. The standard InChI is InChI=1S/C19H24N4O2/c1-13-14(2)21-22(3)19(25)17(13)18(24)20-15-8-7-11-23(12-15)16-9-5-4-6-10-16/h4-6,9-10,15H,7-8,11-12H2,1-3H3,(H,20,24)/t15-/m0/s1. The highest BCUT2D eigenvalue weighted by Gasteiger charge is 2.25. The van der Waals surface area contributed by atoms with E-state index in [0.29, 0.717) is 11.3 Å². The minimum atomic E-state index is -0.351. The van der Waals surface area contributed by atoms with Gasteiger partial charge in [0.15, 0.2) is 0 Å². The number of amides is 1. The normalized spacial score (nSPS) is 17.4. The molecule has 0 radical (unpaired) electrons. The lowest BCUT2D eigenvalue weighted by molar-refractivity contribution is 0.0930. The van der Waals surface area contributed by atoms with Gasteiger partial charge in [-0.25, -0.2) is 4.68 Å². The number of nitrogens with zero attached hydrogens (tertiary/aromatic N) is 3. The fourth-order valence-corrected chi connectivity index (χ4v) is 3.34. The maximum Gasteiger partial charge on any atom is 0.279 e. The molecule has 0 aliphatic carbocycles. The van der Waals surface area contributed by atoms with Crippen molar-refractivity contribution in [2.24, 2.45) is 7.05 Å². The van der Waals surface area contributed by atoms with Crippen LogP contribution in [0.4, 0.5) is 5.69 Å². The van der Waals surface area contributed by atoms with Gasteiger partial charge in [-0.3, -0.25) is 9.59 Å².